The van der Waals surface area contributed by atoms with Crippen molar-refractivity contribution in [1.82, 2.24) is 15.3 Å². The van der Waals surface area contributed by atoms with Gasteiger partial charge in [-0.05, 0) is 13.1 Å². The Bertz CT molecular complexity index is 455. The molecule has 4 nitrogen and oxygen atoms in total. The van der Waals surface area contributed by atoms with Crippen LogP contribution >= 0.6 is 11.3 Å². The van der Waals surface area contributed by atoms with Crippen molar-refractivity contribution in [3.63, 3.8) is 0 Å². The van der Waals surface area contributed by atoms with Crippen LogP contribution < -0.4 is 10.2 Å². The zero-order valence-corrected chi connectivity index (χ0v) is 10.9. The molecular weight excluding hydrogens is 232 g/mol. The Hall–Kier alpha value is -1.46. The van der Waals surface area contributed by atoms with Crippen LogP contribution in [0.25, 0.3) is 0 Å². The van der Waals surface area contributed by atoms with E-state index in [1.807, 2.05) is 31.9 Å². The molecule has 5 heteroatoms. The molecule has 0 radical (unpaired) electrons. The first-order valence-electron chi connectivity index (χ1n) is 5.48. The largest absolute Gasteiger partial charge is 0.353 e. The number of rotatable bonds is 5. The number of nitrogens with zero attached hydrogens (tertiary/aromatic N) is 3. The maximum atomic E-state index is 4.44. The summed E-state index contributed by atoms with van der Waals surface area (Å²) in [4.78, 5) is 10.9. The summed E-state index contributed by atoms with van der Waals surface area (Å²) < 4.78 is 0. The Morgan fingerprint density at radius 3 is 3.00 bits per heavy atom. The average Bonchev–Trinajstić information content (AvgIpc) is 2.83. The van der Waals surface area contributed by atoms with E-state index in [0.717, 1.165) is 24.6 Å². The predicted octanol–water partition coefficient (Wildman–Crippen LogP) is 1.89. The molecule has 17 heavy (non-hydrogen) atoms. The van der Waals surface area contributed by atoms with Crippen LogP contribution in [0.1, 0.15) is 11.3 Å². The maximum Gasteiger partial charge on any atom is 0.133 e. The molecule has 0 unspecified atom stereocenters. The zero-order chi connectivity index (χ0) is 12.1. The van der Waals surface area contributed by atoms with Gasteiger partial charge in [0.15, 0.2) is 0 Å². The molecule has 0 aromatic carbocycles. The average molecular weight is 248 g/mol. The van der Waals surface area contributed by atoms with Crippen molar-refractivity contribution in [3.05, 3.63) is 40.5 Å². The van der Waals surface area contributed by atoms with E-state index in [0.29, 0.717) is 0 Å². The molecule has 90 valence electrons. The van der Waals surface area contributed by atoms with Crippen molar-refractivity contribution in [2.24, 2.45) is 0 Å². The third-order valence-corrected chi connectivity index (χ3v) is 3.11. The number of anilines is 1. The van der Waals surface area contributed by atoms with Gasteiger partial charge in [-0.2, -0.15) is 0 Å². The third kappa shape index (κ3) is 3.01. The summed E-state index contributed by atoms with van der Waals surface area (Å²) in [7, 11) is 3.98. The van der Waals surface area contributed by atoms with Gasteiger partial charge in [0.25, 0.3) is 0 Å². The van der Waals surface area contributed by atoms with E-state index in [-0.39, 0.29) is 0 Å². The maximum absolute atomic E-state index is 4.44. The molecule has 2 rings (SSSR count). The van der Waals surface area contributed by atoms with Crippen molar-refractivity contribution in [1.29, 1.82) is 0 Å². The SMILES string of the molecule is CNCc1cccnc1N(C)Cc1cscn1. The van der Waals surface area contributed by atoms with Crippen LogP contribution in [-0.4, -0.2) is 24.1 Å². The molecule has 0 aliphatic heterocycles. The Morgan fingerprint density at radius 1 is 1.41 bits per heavy atom. The number of aromatic nitrogens is 2. The Balaban J connectivity index is 2.15. The minimum atomic E-state index is 0.789. The lowest BCUT2D eigenvalue weighted by Gasteiger charge is -2.20. The first-order valence-corrected chi connectivity index (χ1v) is 6.42. The number of hydrogen-bond acceptors (Lipinski definition) is 5. The van der Waals surface area contributed by atoms with Crippen molar-refractivity contribution in [2.45, 2.75) is 13.1 Å². The number of hydrogen-bond donors (Lipinski definition) is 1. The smallest absolute Gasteiger partial charge is 0.133 e. The molecular formula is C12H16N4S. The standard InChI is InChI=1S/C12H16N4S/c1-13-6-10-4-3-5-14-12(10)16(2)7-11-8-17-9-15-11/h3-5,8-9,13H,6-7H2,1-2H3. The quantitative estimate of drug-likeness (QED) is 0.877. The molecule has 0 atom stereocenters. The van der Waals surface area contributed by atoms with Crippen LogP contribution in [0.3, 0.4) is 0 Å². The molecule has 0 aliphatic carbocycles. The van der Waals surface area contributed by atoms with Gasteiger partial charge in [-0.25, -0.2) is 9.97 Å². The van der Waals surface area contributed by atoms with E-state index in [1.54, 1.807) is 11.3 Å². The van der Waals surface area contributed by atoms with Gasteiger partial charge < -0.3 is 10.2 Å². The highest BCUT2D eigenvalue weighted by Gasteiger charge is 2.09. The van der Waals surface area contributed by atoms with E-state index in [1.165, 1.54) is 5.56 Å². The van der Waals surface area contributed by atoms with Crippen LogP contribution in [0.5, 0.6) is 0 Å². The third-order valence-electron chi connectivity index (χ3n) is 2.48. The molecule has 2 aromatic heterocycles. The van der Waals surface area contributed by atoms with E-state index in [4.69, 9.17) is 0 Å². The predicted molar refractivity (Wildman–Crippen MR) is 71.2 cm³/mol. The topological polar surface area (TPSA) is 41.1 Å². The lowest BCUT2D eigenvalue weighted by Crippen LogP contribution is -2.21. The molecule has 0 fully saturated rings. The van der Waals surface area contributed by atoms with Crippen LogP contribution in [-0.2, 0) is 13.1 Å². The molecule has 0 saturated heterocycles. The van der Waals surface area contributed by atoms with Crippen molar-refractivity contribution < 1.29 is 0 Å². The number of pyridine rings is 1. The monoisotopic (exact) mass is 248 g/mol. The number of nitrogens with one attached hydrogen (secondary N) is 1. The normalized spacial score (nSPS) is 10.5. The second-order valence-electron chi connectivity index (χ2n) is 3.85. The van der Waals surface area contributed by atoms with E-state index in [9.17, 15) is 0 Å². The minimum Gasteiger partial charge on any atom is -0.353 e. The molecule has 0 bridgehead atoms. The minimum absolute atomic E-state index is 0.789. The fourth-order valence-corrected chi connectivity index (χ4v) is 2.29. The van der Waals surface area contributed by atoms with Gasteiger partial charge in [0.05, 0.1) is 17.7 Å². The summed E-state index contributed by atoms with van der Waals surface area (Å²) in [6.45, 7) is 1.61. The lowest BCUT2D eigenvalue weighted by molar-refractivity contribution is 0.792. The fourth-order valence-electron chi connectivity index (χ4n) is 1.74. The molecule has 0 saturated carbocycles. The Kier molecular flexibility index (Phi) is 4.06. The van der Waals surface area contributed by atoms with Gasteiger partial charge >= 0.3 is 0 Å². The van der Waals surface area contributed by atoms with Crippen LogP contribution in [0, 0.1) is 0 Å². The van der Waals surface area contributed by atoms with E-state index < -0.39 is 0 Å². The summed E-state index contributed by atoms with van der Waals surface area (Å²) in [5.41, 5.74) is 4.14. The van der Waals surface area contributed by atoms with Gasteiger partial charge in [0.1, 0.15) is 5.82 Å². The first kappa shape index (κ1) is 12.0. The summed E-state index contributed by atoms with van der Waals surface area (Å²) in [6, 6.07) is 4.06. The highest BCUT2D eigenvalue weighted by atomic mass is 32.1. The van der Waals surface area contributed by atoms with Gasteiger partial charge in [-0.15, -0.1) is 11.3 Å². The van der Waals surface area contributed by atoms with Crippen LogP contribution in [0.2, 0.25) is 0 Å². The summed E-state index contributed by atoms with van der Waals surface area (Å²) in [5.74, 6) is 1.01. The molecule has 0 spiro atoms. The Labute approximate surface area is 105 Å². The van der Waals surface area contributed by atoms with Gasteiger partial charge in [0.2, 0.25) is 0 Å². The van der Waals surface area contributed by atoms with E-state index >= 15 is 0 Å². The zero-order valence-electron chi connectivity index (χ0n) is 10.1. The van der Waals surface area contributed by atoms with Crippen LogP contribution in [0.15, 0.2) is 29.2 Å². The van der Waals surface area contributed by atoms with Gasteiger partial charge in [-0.1, -0.05) is 6.07 Å². The highest BCUT2D eigenvalue weighted by molar-refractivity contribution is 7.07. The van der Waals surface area contributed by atoms with Crippen molar-refractivity contribution in [3.8, 4) is 0 Å². The molecule has 0 amide bonds. The molecule has 1 N–H and O–H groups in total. The summed E-state index contributed by atoms with van der Waals surface area (Å²) in [5, 5.41) is 5.22. The lowest BCUT2D eigenvalue weighted by atomic mass is 10.2. The van der Waals surface area contributed by atoms with Crippen molar-refractivity contribution >= 4 is 17.2 Å². The second-order valence-corrected chi connectivity index (χ2v) is 4.57. The van der Waals surface area contributed by atoms with Crippen LogP contribution in [0.4, 0.5) is 5.82 Å². The summed E-state index contributed by atoms with van der Waals surface area (Å²) in [6.07, 6.45) is 1.83. The molecule has 2 aromatic rings. The molecule has 2 heterocycles. The van der Waals surface area contributed by atoms with E-state index in [2.05, 4.69) is 31.6 Å². The van der Waals surface area contributed by atoms with Gasteiger partial charge in [0, 0.05) is 30.7 Å². The fraction of sp³-hybridized carbons (Fsp3) is 0.333. The van der Waals surface area contributed by atoms with Gasteiger partial charge in [-0.3, -0.25) is 0 Å². The first-order chi connectivity index (χ1) is 8.31. The number of thiazole rings is 1. The second kappa shape index (κ2) is 5.75. The highest BCUT2D eigenvalue weighted by Crippen LogP contribution is 2.17. The Morgan fingerprint density at radius 2 is 2.29 bits per heavy atom. The molecule has 0 aliphatic rings. The summed E-state index contributed by atoms with van der Waals surface area (Å²) >= 11 is 1.62. The van der Waals surface area contributed by atoms with Crippen molar-refractivity contribution in [2.75, 3.05) is 19.0 Å².